The zero-order valence-corrected chi connectivity index (χ0v) is 11.8. The Morgan fingerprint density at radius 1 is 1.22 bits per heavy atom. The van der Waals surface area contributed by atoms with Crippen LogP contribution < -0.4 is 5.73 Å². The van der Waals surface area contributed by atoms with Crippen molar-refractivity contribution in [3.8, 4) is 11.3 Å². The predicted molar refractivity (Wildman–Crippen MR) is 77.2 cm³/mol. The first-order valence-electron chi connectivity index (χ1n) is 5.62. The summed E-state index contributed by atoms with van der Waals surface area (Å²) in [6.45, 7) is 0. The van der Waals surface area contributed by atoms with Crippen LogP contribution in [0, 0.1) is 0 Å². The molecule has 4 nitrogen and oxygen atoms in total. The molecule has 0 saturated carbocycles. The number of rotatable bonds is 1. The van der Waals surface area contributed by atoms with E-state index < -0.39 is 0 Å². The monoisotopic (exact) mass is 304 g/mol. The molecule has 0 aliphatic carbocycles. The molecule has 0 radical (unpaired) electrons. The highest BCUT2D eigenvalue weighted by atomic mass is 79.9. The second kappa shape index (κ2) is 3.88. The third kappa shape index (κ3) is 1.47. The van der Waals surface area contributed by atoms with E-state index in [0.29, 0.717) is 5.82 Å². The Kier molecular flexibility index (Phi) is 2.45. The fourth-order valence-corrected chi connectivity index (χ4v) is 2.89. The Morgan fingerprint density at radius 2 is 1.94 bits per heavy atom. The second-order valence-corrected chi connectivity index (χ2v) is 5.14. The molecule has 0 atom stereocenters. The largest absolute Gasteiger partial charge is 0.381 e. The summed E-state index contributed by atoms with van der Waals surface area (Å²) in [5.41, 5.74) is 9.17. The van der Waals surface area contributed by atoms with Crippen LogP contribution in [0.25, 0.3) is 22.2 Å². The molecule has 0 saturated heterocycles. The van der Waals surface area contributed by atoms with Crippen molar-refractivity contribution < 1.29 is 0 Å². The van der Waals surface area contributed by atoms with Gasteiger partial charge in [0.2, 0.25) is 0 Å². The molecule has 0 fully saturated rings. The van der Waals surface area contributed by atoms with Gasteiger partial charge in [-0.05, 0) is 22.0 Å². The van der Waals surface area contributed by atoms with Gasteiger partial charge < -0.3 is 10.3 Å². The smallest absolute Gasteiger partial charge is 0.160 e. The fourth-order valence-electron chi connectivity index (χ4n) is 2.34. The molecule has 0 unspecified atom stereocenters. The number of para-hydroxylation sites is 1. The van der Waals surface area contributed by atoms with Gasteiger partial charge in [-0.1, -0.05) is 18.2 Å². The molecular formula is C13H13BrN4. The topological polar surface area (TPSA) is 48.8 Å². The molecule has 2 aromatic heterocycles. The summed E-state index contributed by atoms with van der Waals surface area (Å²) in [5.74, 6) is 0.514. The van der Waals surface area contributed by atoms with E-state index in [1.807, 2.05) is 26.2 Å². The maximum absolute atomic E-state index is 5.84. The van der Waals surface area contributed by atoms with Crippen molar-refractivity contribution in [1.82, 2.24) is 14.3 Å². The van der Waals surface area contributed by atoms with Crippen molar-refractivity contribution in [2.24, 2.45) is 14.1 Å². The van der Waals surface area contributed by atoms with Crippen molar-refractivity contribution in [1.29, 1.82) is 0 Å². The first-order valence-corrected chi connectivity index (χ1v) is 6.41. The lowest BCUT2D eigenvalue weighted by molar-refractivity contribution is 0.780. The summed E-state index contributed by atoms with van der Waals surface area (Å²) in [5, 5.41) is 5.44. The van der Waals surface area contributed by atoms with E-state index >= 15 is 0 Å². The van der Waals surface area contributed by atoms with Gasteiger partial charge in [0.15, 0.2) is 5.82 Å². The van der Waals surface area contributed by atoms with Gasteiger partial charge in [-0.15, -0.1) is 0 Å². The normalized spacial score (nSPS) is 11.3. The van der Waals surface area contributed by atoms with Crippen LogP contribution >= 0.6 is 15.9 Å². The number of hydrogen-bond acceptors (Lipinski definition) is 2. The minimum Gasteiger partial charge on any atom is -0.381 e. The molecule has 0 amide bonds. The number of nitrogen functional groups attached to an aromatic ring is 1. The number of benzene rings is 1. The number of aryl methyl sites for hydroxylation is 2. The third-order valence-corrected chi connectivity index (χ3v) is 3.95. The summed E-state index contributed by atoms with van der Waals surface area (Å²) in [6, 6.07) is 8.30. The minimum atomic E-state index is 0.514. The lowest BCUT2D eigenvalue weighted by Crippen LogP contribution is -1.94. The zero-order chi connectivity index (χ0) is 12.9. The number of aromatic nitrogens is 3. The number of hydrogen-bond donors (Lipinski definition) is 1. The summed E-state index contributed by atoms with van der Waals surface area (Å²) < 4.78 is 4.77. The van der Waals surface area contributed by atoms with Crippen molar-refractivity contribution >= 4 is 32.7 Å². The molecule has 0 aliphatic heterocycles. The SMILES string of the molecule is Cn1nc(N)c(Br)c1-c1cn(C)c2ccccc12. The van der Waals surface area contributed by atoms with Crippen molar-refractivity contribution in [2.75, 3.05) is 5.73 Å². The van der Waals surface area contributed by atoms with Crippen LogP contribution in [0.2, 0.25) is 0 Å². The highest BCUT2D eigenvalue weighted by Crippen LogP contribution is 2.36. The summed E-state index contributed by atoms with van der Waals surface area (Å²) >= 11 is 3.52. The van der Waals surface area contributed by atoms with E-state index in [2.05, 4.69) is 43.9 Å². The van der Waals surface area contributed by atoms with Crippen LogP contribution in [-0.4, -0.2) is 14.3 Å². The average molecular weight is 305 g/mol. The number of fused-ring (bicyclic) bond motifs is 1. The van der Waals surface area contributed by atoms with Gasteiger partial charge in [-0.25, -0.2) is 0 Å². The Balaban J connectivity index is 2.39. The Labute approximate surface area is 113 Å². The molecule has 5 heteroatoms. The predicted octanol–water partition coefficient (Wildman–Crippen LogP) is 2.92. The molecule has 3 aromatic rings. The van der Waals surface area contributed by atoms with E-state index in [4.69, 9.17) is 5.73 Å². The van der Waals surface area contributed by atoms with Crippen LogP contribution in [0.5, 0.6) is 0 Å². The molecule has 2 N–H and O–H groups in total. The summed E-state index contributed by atoms with van der Waals surface area (Å²) in [7, 11) is 3.94. The van der Waals surface area contributed by atoms with Crippen molar-refractivity contribution in [3.63, 3.8) is 0 Å². The summed E-state index contributed by atoms with van der Waals surface area (Å²) in [6.07, 6.45) is 2.10. The van der Waals surface area contributed by atoms with Gasteiger partial charge in [0.05, 0.1) is 10.2 Å². The van der Waals surface area contributed by atoms with E-state index in [1.54, 1.807) is 4.68 Å². The molecule has 0 aliphatic rings. The highest BCUT2D eigenvalue weighted by Gasteiger charge is 2.17. The van der Waals surface area contributed by atoms with Crippen LogP contribution in [0.15, 0.2) is 34.9 Å². The first-order chi connectivity index (χ1) is 8.59. The molecule has 3 rings (SSSR count). The number of nitrogens with zero attached hydrogens (tertiary/aromatic N) is 3. The Morgan fingerprint density at radius 3 is 2.61 bits per heavy atom. The van der Waals surface area contributed by atoms with E-state index in [9.17, 15) is 0 Å². The number of anilines is 1. The standard InChI is InChI=1S/C13H13BrN4/c1-17-7-9(8-5-3-4-6-10(8)17)12-11(14)13(15)16-18(12)2/h3-7H,1-2H3,(H2,15,16). The average Bonchev–Trinajstić information content (AvgIpc) is 2.79. The van der Waals surface area contributed by atoms with Gasteiger partial charge in [0.25, 0.3) is 0 Å². The maximum atomic E-state index is 5.84. The highest BCUT2D eigenvalue weighted by molar-refractivity contribution is 9.10. The maximum Gasteiger partial charge on any atom is 0.160 e. The number of halogens is 1. The second-order valence-electron chi connectivity index (χ2n) is 4.34. The molecule has 1 aromatic carbocycles. The van der Waals surface area contributed by atoms with E-state index in [-0.39, 0.29) is 0 Å². The molecule has 2 heterocycles. The van der Waals surface area contributed by atoms with E-state index in [1.165, 1.54) is 10.9 Å². The summed E-state index contributed by atoms with van der Waals surface area (Å²) in [4.78, 5) is 0. The van der Waals surface area contributed by atoms with Crippen LogP contribution in [0.4, 0.5) is 5.82 Å². The lowest BCUT2D eigenvalue weighted by Gasteiger charge is -2.00. The fraction of sp³-hybridized carbons (Fsp3) is 0.154. The van der Waals surface area contributed by atoms with Crippen LogP contribution in [0.1, 0.15) is 0 Å². The molecule has 92 valence electrons. The molecular weight excluding hydrogens is 292 g/mol. The van der Waals surface area contributed by atoms with Crippen molar-refractivity contribution in [3.05, 3.63) is 34.9 Å². The molecule has 0 spiro atoms. The van der Waals surface area contributed by atoms with Crippen LogP contribution in [-0.2, 0) is 14.1 Å². The molecule has 0 bridgehead atoms. The van der Waals surface area contributed by atoms with Crippen LogP contribution in [0.3, 0.4) is 0 Å². The third-order valence-electron chi connectivity index (χ3n) is 3.17. The van der Waals surface area contributed by atoms with Gasteiger partial charge in [-0.3, -0.25) is 4.68 Å². The first kappa shape index (κ1) is 11.3. The van der Waals surface area contributed by atoms with E-state index in [0.717, 1.165) is 15.7 Å². The van der Waals surface area contributed by atoms with Gasteiger partial charge in [0.1, 0.15) is 0 Å². The lowest BCUT2D eigenvalue weighted by atomic mass is 10.1. The number of nitrogens with two attached hydrogens (primary N) is 1. The Bertz CT molecular complexity index is 739. The molecule has 18 heavy (non-hydrogen) atoms. The van der Waals surface area contributed by atoms with Gasteiger partial charge in [-0.2, -0.15) is 5.10 Å². The van der Waals surface area contributed by atoms with Gasteiger partial charge in [0, 0.05) is 36.8 Å². The van der Waals surface area contributed by atoms with Crippen molar-refractivity contribution in [2.45, 2.75) is 0 Å². The zero-order valence-electron chi connectivity index (χ0n) is 10.2. The quantitative estimate of drug-likeness (QED) is 0.751. The minimum absolute atomic E-state index is 0.514. The Hall–Kier alpha value is -1.75. The van der Waals surface area contributed by atoms with Gasteiger partial charge >= 0.3 is 0 Å².